The summed E-state index contributed by atoms with van der Waals surface area (Å²) in [6.45, 7) is 2.04. The van der Waals surface area contributed by atoms with Crippen LogP contribution in [0.1, 0.15) is 41.0 Å². The summed E-state index contributed by atoms with van der Waals surface area (Å²) >= 11 is 0. The Morgan fingerprint density at radius 3 is 2.10 bits per heavy atom. The maximum atomic E-state index is 13.0. The summed E-state index contributed by atoms with van der Waals surface area (Å²) in [6.07, 6.45) is 3.82. The number of aryl methyl sites for hydroxylation is 2. The first kappa shape index (κ1) is 19.8. The molecule has 8 nitrogen and oxygen atoms in total. The second kappa shape index (κ2) is 7.38. The molecule has 3 heterocycles. The second-order valence-corrected chi connectivity index (χ2v) is 8.04. The van der Waals surface area contributed by atoms with E-state index in [1.165, 1.54) is 19.8 Å². The molecular weight excluding hydrogens is 382 g/mol. The van der Waals surface area contributed by atoms with Crippen LogP contribution >= 0.6 is 0 Å². The monoisotopic (exact) mass is 405 g/mol. The van der Waals surface area contributed by atoms with Crippen LogP contribution in [0.5, 0.6) is 5.88 Å². The molecule has 4 rings (SSSR count). The SMILES string of the molecule is Cn1c(O)c(C(c2cc3c4c(c2)CCCN4CCC3)C(C#N)C#N)c(=O)n(C)c1=O. The molecule has 30 heavy (non-hydrogen) atoms. The van der Waals surface area contributed by atoms with Crippen LogP contribution in [0.15, 0.2) is 21.7 Å². The summed E-state index contributed by atoms with van der Waals surface area (Å²) in [5, 5.41) is 30.0. The topological polar surface area (TPSA) is 115 Å². The Balaban J connectivity index is 2.01. The first-order chi connectivity index (χ1) is 14.4. The number of aromatic hydroxyl groups is 1. The fourth-order valence-corrected chi connectivity index (χ4v) is 4.85. The molecular formula is C22H23N5O3. The van der Waals surface area contributed by atoms with E-state index in [0.717, 1.165) is 59.0 Å². The van der Waals surface area contributed by atoms with Gasteiger partial charge in [-0.1, -0.05) is 12.1 Å². The molecule has 0 spiro atoms. The molecule has 0 saturated heterocycles. The second-order valence-electron chi connectivity index (χ2n) is 8.04. The minimum absolute atomic E-state index is 0.0941. The number of anilines is 1. The Hall–Kier alpha value is -3.52. The van der Waals surface area contributed by atoms with E-state index < -0.39 is 29.0 Å². The number of hydrogen-bond acceptors (Lipinski definition) is 6. The third-order valence-corrected chi connectivity index (χ3v) is 6.30. The lowest BCUT2D eigenvalue weighted by atomic mass is 9.79. The van der Waals surface area contributed by atoms with Crippen LogP contribution in [0, 0.1) is 28.6 Å². The molecule has 1 unspecified atom stereocenters. The lowest BCUT2D eigenvalue weighted by molar-refractivity contribution is 0.397. The zero-order valence-electron chi connectivity index (χ0n) is 17.1. The van der Waals surface area contributed by atoms with Crippen LogP contribution in [0.3, 0.4) is 0 Å². The lowest BCUT2D eigenvalue weighted by Crippen LogP contribution is -2.40. The van der Waals surface area contributed by atoms with Crippen molar-refractivity contribution in [3.63, 3.8) is 0 Å². The van der Waals surface area contributed by atoms with E-state index in [0.29, 0.717) is 5.56 Å². The Bertz CT molecular complexity index is 1180. The van der Waals surface area contributed by atoms with Crippen molar-refractivity contribution in [3.05, 3.63) is 55.2 Å². The van der Waals surface area contributed by atoms with Crippen molar-refractivity contribution in [3.8, 4) is 18.0 Å². The average molecular weight is 405 g/mol. The van der Waals surface area contributed by atoms with Gasteiger partial charge in [-0.2, -0.15) is 10.5 Å². The van der Waals surface area contributed by atoms with E-state index in [-0.39, 0.29) is 5.56 Å². The van der Waals surface area contributed by atoms with E-state index in [4.69, 9.17) is 0 Å². The number of rotatable bonds is 3. The van der Waals surface area contributed by atoms with Crippen molar-refractivity contribution in [1.29, 1.82) is 10.5 Å². The highest BCUT2D eigenvalue weighted by atomic mass is 16.3. The van der Waals surface area contributed by atoms with Crippen LogP contribution in [0.4, 0.5) is 5.69 Å². The molecule has 8 heteroatoms. The first-order valence-electron chi connectivity index (χ1n) is 10.1. The largest absolute Gasteiger partial charge is 0.494 e. The van der Waals surface area contributed by atoms with Gasteiger partial charge in [0.15, 0.2) is 0 Å². The van der Waals surface area contributed by atoms with Crippen LogP contribution in [0.2, 0.25) is 0 Å². The molecule has 0 bridgehead atoms. The predicted molar refractivity (Wildman–Crippen MR) is 110 cm³/mol. The molecule has 0 amide bonds. The third kappa shape index (κ3) is 2.88. The molecule has 1 aromatic heterocycles. The number of nitriles is 2. The van der Waals surface area contributed by atoms with E-state index >= 15 is 0 Å². The van der Waals surface area contributed by atoms with Gasteiger partial charge in [0, 0.05) is 38.8 Å². The number of hydrogen-bond donors (Lipinski definition) is 1. The fourth-order valence-electron chi connectivity index (χ4n) is 4.85. The van der Waals surface area contributed by atoms with E-state index in [2.05, 4.69) is 4.90 Å². The summed E-state index contributed by atoms with van der Waals surface area (Å²) in [4.78, 5) is 27.6. The number of nitrogens with zero attached hydrogens (tertiary/aromatic N) is 5. The van der Waals surface area contributed by atoms with Crippen molar-refractivity contribution < 1.29 is 5.11 Å². The lowest BCUT2D eigenvalue weighted by Gasteiger charge is -2.37. The van der Waals surface area contributed by atoms with Crippen molar-refractivity contribution in [1.82, 2.24) is 9.13 Å². The van der Waals surface area contributed by atoms with Crippen molar-refractivity contribution >= 4 is 5.69 Å². The minimum Gasteiger partial charge on any atom is -0.494 e. The van der Waals surface area contributed by atoms with Crippen LogP contribution < -0.4 is 16.1 Å². The molecule has 154 valence electrons. The van der Waals surface area contributed by atoms with Crippen molar-refractivity contribution in [2.24, 2.45) is 20.0 Å². The number of benzene rings is 1. The molecule has 1 N–H and O–H groups in total. The highest BCUT2D eigenvalue weighted by Crippen LogP contribution is 2.41. The zero-order valence-corrected chi connectivity index (χ0v) is 17.1. The van der Waals surface area contributed by atoms with Crippen molar-refractivity contribution in [2.45, 2.75) is 31.6 Å². The zero-order chi connectivity index (χ0) is 21.6. The van der Waals surface area contributed by atoms with Gasteiger partial charge < -0.3 is 10.0 Å². The smallest absolute Gasteiger partial charge is 0.333 e. The molecule has 1 aromatic carbocycles. The molecule has 0 saturated carbocycles. The van der Waals surface area contributed by atoms with E-state index in [1.54, 1.807) is 0 Å². The maximum Gasteiger partial charge on any atom is 0.333 e. The molecule has 0 fully saturated rings. The molecule has 0 radical (unpaired) electrons. The summed E-state index contributed by atoms with van der Waals surface area (Å²) in [5.74, 6) is -2.64. The van der Waals surface area contributed by atoms with Gasteiger partial charge in [0.25, 0.3) is 5.56 Å². The molecule has 2 aromatic rings. The van der Waals surface area contributed by atoms with Gasteiger partial charge in [-0.05, 0) is 42.4 Å². The van der Waals surface area contributed by atoms with Gasteiger partial charge in [-0.25, -0.2) is 4.79 Å². The Morgan fingerprint density at radius 2 is 1.57 bits per heavy atom. The van der Waals surface area contributed by atoms with Gasteiger partial charge >= 0.3 is 5.69 Å². The van der Waals surface area contributed by atoms with Gasteiger partial charge in [0.1, 0.15) is 5.92 Å². The van der Waals surface area contributed by atoms with Crippen LogP contribution in [-0.4, -0.2) is 27.3 Å². The minimum atomic E-state index is -1.19. The summed E-state index contributed by atoms with van der Waals surface area (Å²) in [5.41, 5.74) is 2.74. The van der Waals surface area contributed by atoms with Crippen LogP contribution in [-0.2, 0) is 26.9 Å². The summed E-state index contributed by atoms with van der Waals surface area (Å²) in [7, 11) is 2.69. The van der Waals surface area contributed by atoms with Gasteiger partial charge in [0.2, 0.25) is 5.88 Å². The highest BCUT2D eigenvalue weighted by Gasteiger charge is 2.34. The normalized spacial score (nSPS) is 16.0. The Kier molecular flexibility index (Phi) is 4.87. The van der Waals surface area contributed by atoms with Crippen LogP contribution in [0.25, 0.3) is 0 Å². The molecule has 0 aliphatic carbocycles. The Morgan fingerprint density at radius 1 is 1.00 bits per heavy atom. The maximum absolute atomic E-state index is 13.0. The van der Waals surface area contributed by atoms with Crippen molar-refractivity contribution in [2.75, 3.05) is 18.0 Å². The third-order valence-electron chi connectivity index (χ3n) is 6.30. The number of aromatic nitrogens is 2. The average Bonchev–Trinajstić information content (AvgIpc) is 2.76. The highest BCUT2D eigenvalue weighted by molar-refractivity contribution is 5.65. The van der Waals surface area contributed by atoms with Gasteiger partial charge in [0.05, 0.1) is 17.7 Å². The first-order valence-corrected chi connectivity index (χ1v) is 10.1. The molecule has 2 aliphatic heterocycles. The fraction of sp³-hybridized carbons (Fsp3) is 0.455. The van der Waals surface area contributed by atoms with Gasteiger partial charge in [-0.15, -0.1) is 0 Å². The predicted octanol–water partition coefficient (Wildman–Crippen LogP) is 1.28. The summed E-state index contributed by atoms with van der Waals surface area (Å²) in [6, 6.07) is 7.89. The van der Waals surface area contributed by atoms with E-state index in [9.17, 15) is 25.2 Å². The Labute approximate surface area is 173 Å². The standard InChI is InChI=1S/C22H23N5O3/c1-25-20(28)18(21(29)26(2)22(25)30)17(16(11-23)12-24)15-9-13-5-3-7-27-8-4-6-14(10-15)19(13)27/h9-10,16-17,28H,3-8H2,1-2H3. The summed E-state index contributed by atoms with van der Waals surface area (Å²) < 4.78 is 1.87. The molecule has 1 atom stereocenters. The van der Waals surface area contributed by atoms with E-state index in [1.807, 2.05) is 24.3 Å². The van der Waals surface area contributed by atoms with Gasteiger partial charge in [-0.3, -0.25) is 13.9 Å². The molecule has 2 aliphatic rings. The quantitative estimate of drug-likeness (QED) is 0.823.